The predicted molar refractivity (Wildman–Crippen MR) is 66.1 cm³/mol. The third-order valence-electron chi connectivity index (χ3n) is 2.24. The van der Waals surface area contributed by atoms with Crippen LogP contribution in [0.3, 0.4) is 0 Å². The summed E-state index contributed by atoms with van der Waals surface area (Å²) in [6, 6.07) is 6.88. The van der Waals surface area contributed by atoms with Gasteiger partial charge in [-0.3, -0.25) is 4.79 Å². The van der Waals surface area contributed by atoms with Gasteiger partial charge >= 0.3 is 0 Å². The van der Waals surface area contributed by atoms with Crippen LogP contribution in [0.1, 0.15) is 23.2 Å². The molecule has 0 saturated carbocycles. The molecule has 0 heterocycles. The minimum Gasteiger partial charge on any atom is -0.409 e. The summed E-state index contributed by atoms with van der Waals surface area (Å²) >= 11 is 0. The zero-order valence-electron chi connectivity index (χ0n) is 9.39. The number of hydrogen-bond acceptors (Lipinski definition) is 4. The molecule has 17 heavy (non-hydrogen) atoms. The van der Waals surface area contributed by atoms with Crippen LogP contribution in [-0.4, -0.2) is 23.5 Å². The van der Waals surface area contributed by atoms with Gasteiger partial charge < -0.3 is 22.0 Å². The van der Waals surface area contributed by atoms with E-state index in [0.29, 0.717) is 18.5 Å². The smallest absolute Gasteiger partial charge is 0.248 e. The summed E-state index contributed by atoms with van der Waals surface area (Å²) in [6.45, 7) is 0.701. The lowest BCUT2D eigenvalue weighted by Gasteiger charge is -2.06. The molecule has 1 rings (SSSR count). The maximum Gasteiger partial charge on any atom is 0.248 e. The van der Waals surface area contributed by atoms with Gasteiger partial charge in [-0.1, -0.05) is 5.16 Å². The Hall–Kier alpha value is -2.24. The van der Waals surface area contributed by atoms with Crippen LogP contribution < -0.4 is 16.8 Å². The highest BCUT2D eigenvalue weighted by Crippen LogP contribution is 2.09. The van der Waals surface area contributed by atoms with E-state index >= 15 is 0 Å². The number of oxime groups is 1. The highest BCUT2D eigenvalue weighted by atomic mass is 16.4. The van der Waals surface area contributed by atoms with Crippen LogP contribution >= 0.6 is 0 Å². The van der Waals surface area contributed by atoms with Crippen molar-refractivity contribution in [1.29, 1.82) is 0 Å². The van der Waals surface area contributed by atoms with E-state index in [9.17, 15) is 4.79 Å². The first kappa shape index (κ1) is 12.8. The van der Waals surface area contributed by atoms with Crippen LogP contribution in [0.15, 0.2) is 29.4 Å². The van der Waals surface area contributed by atoms with E-state index in [0.717, 1.165) is 12.1 Å². The second-order valence-corrected chi connectivity index (χ2v) is 3.56. The summed E-state index contributed by atoms with van der Waals surface area (Å²) < 4.78 is 0. The molecule has 6 nitrogen and oxygen atoms in total. The predicted octanol–water partition coefficient (Wildman–Crippen LogP) is 0.724. The molecule has 0 atom stereocenters. The SMILES string of the molecule is NC(=O)c1ccc(NCCCC(N)=NO)cc1. The Morgan fingerprint density at radius 1 is 1.29 bits per heavy atom. The van der Waals surface area contributed by atoms with Gasteiger partial charge in [0.25, 0.3) is 0 Å². The molecule has 1 aromatic rings. The Morgan fingerprint density at radius 3 is 2.47 bits per heavy atom. The van der Waals surface area contributed by atoms with Gasteiger partial charge in [-0.15, -0.1) is 0 Å². The molecule has 0 aliphatic rings. The van der Waals surface area contributed by atoms with Gasteiger partial charge in [-0.05, 0) is 30.7 Å². The van der Waals surface area contributed by atoms with Crippen LogP contribution in [0.5, 0.6) is 0 Å². The minimum atomic E-state index is -0.441. The molecule has 0 saturated heterocycles. The van der Waals surface area contributed by atoms with Gasteiger partial charge in [0.2, 0.25) is 5.91 Å². The third kappa shape index (κ3) is 4.42. The highest BCUT2D eigenvalue weighted by Gasteiger charge is 1.99. The number of hydrogen-bond donors (Lipinski definition) is 4. The van der Waals surface area contributed by atoms with E-state index in [2.05, 4.69) is 10.5 Å². The Morgan fingerprint density at radius 2 is 1.94 bits per heavy atom. The number of rotatable bonds is 6. The number of nitrogens with one attached hydrogen (secondary N) is 1. The van der Waals surface area contributed by atoms with Crippen LogP contribution in [0.25, 0.3) is 0 Å². The lowest BCUT2D eigenvalue weighted by Crippen LogP contribution is -2.13. The normalized spacial score (nSPS) is 11.2. The fraction of sp³-hybridized carbons (Fsp3) is 0.273. The molecule has 0 unspecified atom stereocenters. The van der Waals surface area contributed by atoms with Crippen molar-refractivity contribution < 1.29 is 10.0 Å². The quantitative estimate of drug-likeness (QED) is 0.191. The standard InChI is InChI=1S/C11H16N4O2/c12-10(15-17)2-1-7-14-9-5-3-8(4-6-9)11(13)16/h3-6,14,17H,1-2,7H2,(H2,12,15)(H2,13,16). The Balaban J connectivity index is 2.35. The van der Waals surface area contributed by atoms with Crippen molar-refractivity contribution in [3.8, 4) is 0 Å². The molecular formula is C11H16N4O2. The summed E-state index contributed by atoms with van der Waals surface area (Å²) in [6.07, 6.45) is 1.29. The first-order valence-electron chi connectivity index (χ1n) is 5.23. The van der Waals surface area contributed by atoms with Gasteiger partial charge in [-0.25, -0.2) is 0 Å². The van der Waals surface area contributed by atoms with Crippen molar-refractivity contribution in [2.24, 2.45) is 16.6 Å². The summed E-state index contributed by atoms with van der Waals surface area (Å²) in [7, 11) is 0. The van der Waals surface area contributed by atoms with Gasteiger partial charge in [0.15, 0.2) is 0 Å². The molecule has 0 aromatic heterocycles. The molecule has 0 spiro atoms. The number of amidine groups is 1. The number of carbonyl (C=O) groups excluding carboxylic acids is 1. The van der Waals surface area contributed by atoms with Gasteiger partial charge in [0, 0.05) is 24.2 Å². The molecule has 0 aliphatic heterocycles. The molecule has 0 radical (unpaired) electrons. The topological polar surface area (TPSA) is 114 Å². The van der Waals surface area contributed by atoms with Crippen molar-refractivity contribution in [3.63, 3.8) is 0 Å². The molecule has 1 amide bonds. The van der Waals surface area contributed by atoms with Crippen LogP contribution in [0, 0.1) is 0 Å². The molecule has 0 bridgehead atoms. The fourth-order valence-corrected chi connectivity index (χ4v) is 1.30. The van der Waals surface area contributed by atoms with E-state index in [1.54, 1.807) is 24.3 Å². The molecule has 0 aliphatic carbocycles. The first-order valence-corrected chi connectivity index (χ1v) is 5.23. The van der Waals surface area contributed by atoms with Crippen LogP contribution in [-0.2, 0) is 0 Å². The van der Waals surface area contributed by atoms with E-state index in [4.69, 9.17) is 16.7 Å². The highest BCUT2D eigenvalue weighted by molar-refractivity contribution is 5.93. The number of nitrogens with zero attached hydrogens (tertiary/aromatic N) is 1. The van der Waals surface area contributed by atoms with Crippen molar-refractivity contribution in [1.82, 2.24) is 0 Å². The molecule has 6 heteroatoms. The lowest BCUT2D eigenvalue weighted by molar-refractivity contribution is 0.100. The molecule has 1 aromatic carbocycles. The summed E-state index contributed by atoms with van der Waals surface area (Å²) in [5.41, 5.74) is 11.8. The van der Waals surface area contributed by atoms with Crippen molar-refractivity contribution in [2.45, 2.75) is 12.8 Å². The number of nitrogens with two attached hydrogens (primary N) is 2. The van der Waals surface area contributed by atoms with Crippen LogP contribution in [0.4, 0.5) is 5.69 Å². The number of carbonyl (C=O) groups is 1. The van der Waals surface area contributed by atoms with Crippen molar-refractivity contribution in [3.05, 3.63) is 29.8 Å². The van der Waals surface area contributed by atoms with Crippen molar-refractivity contribution >= 4 is 17.4 Å². The molecule has 0 fully saturated rings. The van der Waals surface area contributed by atoms with E-state index in [1.165, 1.54) is 0 Å². The van der Waals surface area contributed by atoms with Gasteiger partial charge in [0.05, 0.1) is 0 Å². The Kier molecular flexibility index (Phi) is 4.80. The average molecular weight is 236 g/mol. The lowest BCUT2D eigenvalue weighted by atomic mass is 10.2. The van der Waals surface area contributed by atoms with E-state index in [-0.39, 0.29) is 5.84 Å². The molecule has 6 N–H and O–H groups in total. The van der Waals surface area contributed by atoms with Crippen molar-refractivity contribution in [2.75, 3.05) is 11.9 Å². The number of amides is 1. The monoisotopic (exact) mass is 236 g/mol. The molecular weight excluding hydrogens is 220 g/mol. The minimum absolute atomic E-state index is 0.218. The van der Waals surface area contributed by atoms with Gasteiger partial charge in [-0.2, -0.15) is 0 Å². The number of primary amides is 1. The second kappa shape index (κ2) is 6.37. The fourth-order valence-electron chi connectivity index (χ4n) is 1.30. The van der Waals surface area contributed by atoms with E-state index < -0.39 is 5.91 Å². The first-order chi connectivity index (χ1) is 8.13. The number of benzene rings is 1. The summed E-state index contributed by atoms with van der Waals surface area (Å²) in [4.78, 5) is 10.8. The van der Waals surface area contributed by atoms with Gasteiger partial charge in [0.1, 0.15) is 5.84 Å². The summed E-state index contributed by atoms with van der Waals surface area (Å²) in [5, 5.41) is 14.4. The zero-order valence-corrected chi connectivity index (χ0v) is 9.39. The Labute approximate surface area is 99.3 Å². The second-order valence-electron chi connectivity index (χ2n) is 3.56. The third-order valence-corrected chi connectivity index (χ3v) is 2.24. The zero-order chi connectivity index (χ0) is 12.7. The maximum absolute atomic E-state index is 10.8. The summed E-state index contributed by atoms with van der Waals surface area (Å²) in [5.74, 6) is -0.223. The Bertz CT molecular complexity index is 400. The van der Waals surface area contributed by atoms with E-state index in [1.807, 2.05) is 0 Å². The largest absolute Gasteiger partial charge is 0.409 e. The van der Waals surface area contributed by atoms with Crippen LogP contribution in [0.2, 0.25) is 0 Å². The maximum atomic E-state index is 10.8. The average Bonchev–Trinajstić information content (AvgIpc) is 2.34. The number of anilines is 1. The molecule has 92 valence electrons.